The molecule has 0 atom stereocenters. The number of nitrogens with one attached hydrogen (secondary N) is 1. The van der Waals surface area contributed by atoms with E-state index in [1.807, 2.05) is 0 Å². The molecule has 142 valence electrons. The first kappa shape index (κ1) is 17.9. The van der Waals surface area contributed by atoms with Crippen molar-refractivity contribution in [2.45, 2.75) is 59.5 Å². The van der Waals surface area contributed by atoms with Crippen molar-refractivity contribution in [2.24, 2.45) is 0 Å². The topological polar surface area (TPSA) is 66.3 Å². The smallest absolute Gasteiger partial charge is 0.255 e. The fourth-order valence-corrected chi connectivity index (χ4v) is 3.74. The van der Waals surface area contributed by atoms with Crippen molar-refractivity contribution >= 4 is 5.65 Å². The quantitative estimate of drug-likeness (QED) is 0.758. The van der Waals surface area contributed by atoms with E-state index in [1.54, 1.807) is 0 Å². The Hall–Kier alpha value is -2.47. The van der Waals surface area contributed by atoms with Gasteiger partial charge in [0.2, 0.25) is 0 Å². The van der Waals surface area contributed by atoms with E-state index >= 15 is 0 Å². The van der Waals surface area contributed by atoms with Gasteiger partial charge in [-0.3, -0.25) is 9.69 Å². The van der Waals surface area contributed by atoms with Crippen LogP contribution in [0.1, 0.15) is 54.8 Å². The molecule has 0 aromatic carbocycles. The number of hydrogen-bond acceptors (Lipinski definition) is 4. The second kappa shape index (κ2) is 6.30. The standard InChI is InChI=1S/C21H27N5O/c1-13-7-6-9-26-17(14(2)22-18(13)26)12-25-10-8-16-15(11-25)19(27)24-20(23-16)21(3,4)5/h6-7,9H,8,10-12H2,1-5H3,(H,23,24,27). The summed E-state index contributed by atoms with van der Waals surface area (Å²) in [7, 11) is 0. The molecule has 0 saturated carbocycles. The van der Waals surface area contributed by atoms with Crippen LogP contribution >= 0.6 is 0 Å². The van der Waals surface area contributed by atoms with Crippen LogP contribution in [0.25, 0.3) is 5.65 Å². The Balaban J connectivity index is 1.64. The number of imidazole rings is 1. The lowest BCUT2D eigenvalue weighted by Gasteiger charge is -2.29. The minimum atomic E-state index is -0.156. The largest absolute Gasteiger partial charge is 0.310 e. The van der Waals surface area contributed by atoms with Crippen molar-refractivity contribution in [1.82, 2.24) is 24.3 Å². The molecule has 0 radical (unpaired) electrons. The van der Waals surface area contributed by atoms with Crippen molar-refractivity contribution in [3.8, 4) is 0 Å². The Morgan fingerprint density at radius 2 is 2.00 bits per heavy atom. The summed E-state index contributed by atoms with van der Waals surface area (Å²) >= 11 is 0. The summed E-state index contributed by atoms with van der Waals surface area (Å²) in [6.07, 6.45) is 2.87. The Morgan fingerprint density at radius 3 is 2.74 bits per heavy atom. The molecule has 0 unspecified atom stereocenters. The summed E-state index contributed by atoms with van der Waals surface area (Å²) in [5.41, 5.74) is 6.01. The number of H-pyrrole nitrogens is 1. The second-order valence-corrected chi connectivity index (χ2v) is 8.58. The molecule has 1 aliphatic rings. The van der Waals surface area contributed by atoms with Crippen molar-refractivity contribution in [2.75, 3.05) is 6.54 Å². The van der Waals surface area contributed by atoms with Crippen LogP contribution < -0.4 is 5.56 Å². The Morgan fingerprint density at radius 1 is 1.22 bits per heavy atom. The minimum absolute atomic E-state index is 0.000309. The molecule has 3 aromatic heterocycles. The van der Waals surface area contributed by atoms with Crippen molar-refractivity contribution in [3.63, 3.8) is 0 Å². The lowest BCUT2D eigenvalue weighted by atomic mass is 9.95. The third-order valence-electron chi connectivity index (χ3n) is 5.38. The average Bonchev–Trinajstić information content (AvgIpc) is 2.92. The number of rotatable bonds is 2. The van der Waals surface area contributed by atoms with E-state index < -0.39 is 0 Å². The van der Waals surface area contributed by atoms with Gasteiger partial charge in [-0.15, -0.1) is 0 Å². The van der Waals surface area contributed by atoms with Gasteiger partial charge in [-0.2, -0.15) is 0 Å². The van der Waals surface area contributed by atoms with Crippen LogP contribution in [0.5, 0.6) is 0 Å². The number of aromatic amines is 1. The van der Waals surface area contributed by atoms with Gasteiger partial charge in [-0.25, -0.2) is 9.97 Å². The number of fused-ring (bicyclic) bond motifs is 2. The summed E-state index contributed by atoms with van der Waals surface area (Å²) in [5, 5.41) is 0. The zero-order chi connectivity index (χ0) is 19.3. The van der Waals surface area contributed by atoms with Crippen molar-refractivity contribution < 1.29 is 0 Å². The third-order valence-corrected chi connectivity index (χ3v) is 5.38. The highest BCUT2D eigenvalue weighted by atomic mass is 16.1. The van der Waals surface area contributed by atoms with Gasteiger partial charge in [0, 0.05) is 37.7 Å². The maximum Gasteiger partial charge on any atom is 0.255 e. The molecule has 1 N–H and O–H groups in total. The first-order chi connectivity index (χ1) is 12.7. The molecule has 27 heavy (non-hydrogen) atoms. The maximum atomic E-state index is 12.7. The monoisotopic (exact) mass is 365 g/mol. The highest BCUT2D eigenvalue weighted by Crippen LogP contribution is 2.23. The van der Waals surface area contributed by atoms with Crippen LogP contribution in [0, 0.1) is 13.8 Å². The average molecular weight is 365 g/mol. The van der Waals surface area contributed by atoms with E-state index in [9.17, 15) is 4.79 Å². The van der Waals surface area contributed by atoms with Crippen LogP contribution in [-0.2, 0) is 24.9 Å². The molecule has 0 saturated heterocycles. The molecule has 6 heteroatoms. The molecule has 0 fully saturated rings. The van der Waals surface area contributed by atoms with E-state index in [-0.39, 0.29) is 11.0 Å². The van der Waals surface area contributed by atoms with Gasteiger partial charge in [-0.05, 0) is 25.5 Å². The number of aryl methyl sites for hydroxylation is 2. The number of nitrogens with zero attached hydrogens (tertiary/aromatic N) is 4. The molecule has 0 aliphatic carbocycles. The molecule has 0 spiro atoms. The molecular formula is C21H27N5O. The van der Waals surface area contributed by atoms with Crippen LogP contribution in [-0.4, -0.2) is 30.8 Å². The normalized spacial score (nSPS) is 15.3. The van der Waals surface area contributed by atoms with Gasteiger partial charge in [0.1, 0.15) is 11.5 Å². The van der Waals surface area contributed by atoms with E-state index in [4.69, 9.17) is 9.97 Å². The van der Waals surface area contributed by atoms with Gasteiger partial charge >= 0.3 is 0 Å². The van der Waals surface area contributed by atoms with Crippen LogP contribution in [0.4, 0.5) is 0 Å². The van der Waals surface area contributed by atoms with Crippen LogP contribution in [0.3, 0.4) is 0 Å². The van der Waals surface area contributed by atoms with E-state index in [1.165, 1.54) is 11.3 Å². The van der Waals surface area contributed by atoms with Gasteiger partial charge in [0.05, 0.1) is 22.6 Å². The van der Waals surface area contributed by atoms with Gasteiger partial charge < -0.3 is 9.38 Å². The molecule has 4 rings (SSSR count). The zero-order valence-electron chi connectivity index (χ0n) is 16.8. The van der Waals surface area contributed by atoms with Gasteiger partial charge in [0.15, 0.2) is 0 Å². The molecule has 0 amide bonds. The minimum Gasteiger partial charge on any atom is -0.310 e. The first-order valence-corrected chi connectivity index (χ1v) is 9.52. The van der Waals surface area contributed by atoms with Crippen LogP contribution in [0.2, 0.25) is 0 Å². The molecule has 3 aromatic rings. The fraction of sp³-hybridized carbons (Fsp3) is 0.476. The molecule has 4 heterocycles. The summed E-state index contributed by atoms with van der Waals surface area (Å²) in [5.74, 6) is 0.771. The summed E-state index contributed by atoms with van der Waals surface area (Å²) in [6, 6.07) is 4.14. The van der Waals surface area contributed by atoms with E-state index in [0.29, 0.717) is 6.54 Å². The molecular weight excluding hydrogens is 338 g/mol. The Labute approximate surface area is 159 Å². The lowest BCUT2D eigenvalue weighted by Crippen LogP contribution is -2.37. The Bertz CT molecular complexity index is 1070. The van der Waals surface area contributed by atoms with Gasteiger partial charge in [-0.1, -0.05) is 26.8 Å². The summed E-state index contributed by atoms with van der Waals surface area (Å²) in [6.45, 7) is 12.7. The SMILES string of the molecule is Cc1nc2c(C)cccn2c1CN1CCc2nc(C(C)(C)C)[nH]c(=O)c2C1. The number of aromatic nitrogens is 4. The second-order valence-electron chi connectivity index (χ2n) is 8.58. The number of pyridine rings is 1. The predicted octanol–water partition coefficient (Wildman–Crippen LogP) is 2.89. The van der Waals surface area contributed by atoms with E-state index in [0.717, 1.165) is 47.9 Å². The molecule has 1 aliphatic heterocycles. The summed E-state index contributed by atoms with van der Waals surface area (Å²) in [4.78, 5) is 27.5. The van der Waals surface area contributed by atoms with Gasteiger partial charge in [0.25, 0.3) is 5.56 Å². The molecule has 6 nitrogen and oxygen atoms in total. The van der Waals surface area contributed by atoms with Crippen molar-refractivity contribution in [3.05, 3.63) is 62.7 Å². The molecule has 0 bridgehead atoms. The Kier molecular flexibility index (Phi) is 4.18. The van der Waals surface area contributed by atoms with Crippen molar-refractivity contribution in [1.29, 1.82) is 0 Å². The highest BCUT2D eigenvalue weighted by molar-refractivity contribution is 5.50. The van der Waals surface area contributed by atoms with E-state index in [2.05, 4.69) is 67.2 Å². The maximum absolute atomic E-state index is 12.7. The first-order valence-electron chi connectivity index (χ1n) is 9.52. The third kappa shape index (κ3) is 3.18. The number of hydrogen-bond donors (Lipinski definition) is 1. The summed E-state index contributed by atoms with van der Waals surface area (Å²) < 4.78 is 2.17. The fourth-order valence-electron chi connectivity index (χ4n) is 3.74. The highest BCUT2D eigenvalue weighted by Gasteiger charge is 2.25. The lowest BCUT2D eigenvalue weighted by molar-refractivity contribution is 0.237. The van der Waals surface area contributed by atoms with Crippen LogP contribution in [0.15, 0.2) is 23.1 Å². The zero-order valence-corrected chi connectivity index (χ0v) is 16.8. The predicted molar refractivity (Wildman–Crippen MR) is 106 cm³/mol.